The van der Waals surface area contributed by atoms with Gasteiger partial charge in [-0.25, -0.2) is 13.1 Å². The fraction of sp³-hybridized carbons (Fsp3) is 0.190. The lowest BCUT2D eigenvalue weighted by molar-refractivity contribution is 0.580. The quantitative estimate of drug-likeness (QED) is 0.424. The second-order valence-electron chi connectivity index (χ2n) is 6.79. The van der Waals surface area contributed by atoms with Crippen molar-refractivity contribution >= 4 is 27.4 Å². The lowest BCUT2D eigenvalue weighted by atomic mass is 10.2. The topological polar surface area (TPSA) is 89.2 Å². The summed E-state index contributed by atoms with van der Waals surface area (Å²) < 4.78 is 29.0. The lowest BCUT2D eigenvalue weighted by Gasteiger charge is -2.06. The number of nitrogens with zero attached hydrogens (tertiary/aromatic N) is 4. The first-order chi connectivity index (χ1) is 14.5. The van der Waals surface area contributed by atoms with Crippen LogP contribution in [0.25, 0.3) is 5.65 Å². The third kappa shape index (κ3) is 4.86. The Morgan fingerprint density at radius 1 is 0.967 bits per heavy atom. The summed E-state index contributed by atoms with van der Waals surface area (Å²) in [7, 11) is -3.55. The van der Waals surface area contributed by atoms with Crippen LogP contribution in [0.2, 0.25) is 0 Å². The van der Waals surface area contributed by atoms with E-state index in [1.807, 2.05) is 12.1 Å². The van der Waals surface area contributed by atoms with Crippen molar-refractivity contribution in [2.24, 2.45) is 0 Å². The Kier molecular flexibility index (Phi) is 6.12. The van der Waals surface area contributed by atoms with E-state index in [0.717, 1.165) is 10.8 Å². The summed E-state index contributed by atoms with van der Waals surface area (Å²) in [5.74, 6) is 1.42. The van der Waals surface area contributed by atoms with Crippen LogP contribution in [0.4, 0.5) is 0 Å². The van der Waals surface area contributed by atoms with Crippen LogP contribution in [0, 0.1) is 6.92 Å². The summed E-state index contributed by atoms with van der Waals surface area (Å²) in [6.07, 6.45) is 0.381. The van der Waals surface area contributed by atoms with Gasteiger partial charge in [-0.05, 0) is 36.8 Å². The summed E-state index contributed by atoms with van der Waals surface area (Å²) in [6, 6.07) is 20.5. The Labute approximate surface area is 179 Å². The monoisotopic (exact) mass is 439 g/mol. The normalized spacial score (nSPS) is 11.8. The van der Waals surface area contributed by atoms with Gasteiger partial charge in [-0.3, -0.25) is 0 Å². The molecule has 0 atom stereocenters. The number of nitrogens with one attached hydrogen (secondary N) is 1. The number of rotatable bonds is 8. The van der Waals surface area contributed by atoms with E-state index in [1.54, 1.807) is 46.6 Å². The molecule has 0 aliphatic rings. The van der Waals surface area contributed by atoms with Gasteiger partial charge in [0.05, 0.1) is 4.90 Å². The zero-order valence-electron chi connectivity index (χ0n) is 16.4. The predicted molar refractivity (Wildman–Crippen MR) is 117 cm³/mol. The van der Waals surface area contributed by atoms with Crippen molar-refractivity contribution < 1.29 is 8.42 Å². The van der Waals surface area contributed by atoms with Crippen LogP contribution in [0.15, 0.2) is 76.7 Å². The number of thioether (sulfide) groups is 1. The molecule has 0 aliphatic carbocycles. The Morgan fingerprint density at radius 2 is 1.73 bits per heavy atom. The number of aromatic nitrogens is 4. The molecule has 4 rings (SSSR count). The minimum atomic E-state index is -3.55. The fourth-order valence-corrected chi connectivity index (χ4v) is 4.73. The molecule has 0 unspecified atom stereocenters. The van der Waals surface area contributed by atoms with Crippen molar-refractivity contribution in [3.63, 3.8) is 0 Å². The van der Waals surface area contributed by atoms with Gasteiger partial charge in [0.15, 0.2) is 11.5 Å². The van der Waals surface area contributed by atoms with Crippen molar-refractivity contribution in [1.29, 1.82) is 0 Å². The molecule has 154 valence electrons. The smallest absolute Gasteiger partial charge is 0.211 e. The number of sulfonamides is 1. The molecule has 0 bridgehead atoms. The van der Waals surface area contributed by atoms with Crippen molar-refractivity contribution in [3.8, 4) is 0 Å². The standard InChI is InChI=1S/C21H21N5O2S2/c1-16-7-9-17(10-8-16)15-29-21-12-11-19-23-24-20(26(19)25-21)13-14-22-30(27,28)18-5-3-2-4-6-18/h2-12,22H,13-15H2,1H3. The van der Waals surface area contributed by atoms with E-state index in [1.165, 1.54) is 11.1 Å². The number of aryl methyl sites for hydroxylation is 1. The van der Waals surface area contributed by atoms with E-state index >= 15 is 0 Å². The van der Waals surface area contributed by atoms with E-state index in [4.69, 9.17) is 0 Å². The molecule has 0 radical (unpaired) electrons. The molecule has 2 heterocycles. The van der Waals surface area contributed by atoms with Crippen LogP contribution >= 0.6 is 11.8 Å². The summed E-state index contributed by atoms with van der Waals surface area (Å²) in [5.41, 5.74) is 3.10. The highest BCUT2D eigenvalue weighted by molar-refractivity contribution is 7.98. The first kappa shape index (κ1) is 20.5. The van der Waals surface area contributed by atoms with Gasteiger partial charge in [0.1, 0.15) is 5.03 Å². The SMILES string of the molecule is Cc1ccc(CSc2ccc3nnc(CCNS(=O)(=O)c4ccccc4)n3n2)cc1. The van der Waals surface area contributed by atoms with E-state index in [9.17, 15) is 8.42 Å². The van der Waals surface area contributed by atoms with Gasteiger partial charge in [0.2, 0.25) is 10.0 Å². The Bertz CT molecular complexity index is 1240. The molecule has 2 aromatic carbocycles. The lowest BCUT2D eigenvalue weighted by Crippen LogP contribution is -2.26. The average Bonchev–Trinajstić information content (AvgIpc) is 3.16. The van der Waals surface area contributed by atoms with Crippen LogP contribution in [0.3, 0.4) is 0 Å². The highest BCUT2D eigenvalue weighted by Gasteiger charge is 2.14. The van der Waals surface area contributed by atoms with Gasteiger partial charge in [-0.15, -0.1) is 10.2 Å². The summed E-state index contributed by atoms with van der Waals surface area (Å²) in [4.78, 5) is 0.240. The van der Waals surface area contributed by atoms with Gasteiger partial charge in [-0.1, -0.05) is 59.8 Å². The Morgan fingerprint density at radius 3 is 2.50 bits per heavy atom. The maximum atomic E-state index is 12.3. The van der Waals surface area contributed by atoms with Crippen molar-refractivity contribution in [2.75, 3.05) is 6.54 Å². The molecule has 0 saturated heterocycles. The van der Waals surface area contributed by atoms with Crippen LogP contribution in [0.1, 0.15) is 17.0 Å². The molecule has 2 aromatic heterocycles. The molecule has 0 aliphatic heterocycles. The molecular weight excluding hydrogens is 418 g/mol. The second-order valence-corrected chi connectivity index (χ2v) is 9.56. The van der Waals surface area contributed by atoms with E-state index < -0.39 is 10.0 Å². The van der Waals surface area contributed by atoms with E-state index in [2.05, 4.69) is 51.2 Å². The number of fused-ring (bicyclic) bond motifs is 1. The van der Waals surface area contributed by atoms with Gasteiger partial charge in [-0.2, -0.15) is 9.61 Å². The highest BCUT2D eigenvalue weighted by atomic mass is 32.2. The van der Waals surface area contributed by atoms with Crippen LogP contribution in [-0.4, -0.2) is 34.8 Å². The van der Waals surface area contributed by atoms with Crippen molar-refractivity contribution in [2.45, 2.75) is 29.0 Å². The fourth-order valence-electron chi connectivity index (χ4n) is 2.87. The first-order valence-electron chi connectivity index (χ1n) is 9.46. The second kappa shape index (κ2) is 8.95. The number of hydrogen-bond donors (Lipinski definition) is 1. The van der Waals surface area contributed by atoms with Crippen LogP contribution in [0.5, 0.6) is 0 Å². The average molecular weight is 440 g/mol. The van der Waals surface area contributed by atoms with Crippen molar-refractivity contribution in [1.82, 2.24) is 24.5 Å². The molecule has 0 fully saturated rings. The Balaban J connectivity index is 1.42. The van der Waals surface area contributed by atoms with Gasteiger partial charge in [0, 0.05) is 18.7 Å². The van der Waals surface area contributed by atoms with Crippen LogP contribution < -0.4 is 4.72 Å². The highest BCUT2D eigenvalue weighted by Crippen LogP contribution is 2.21. The van der Waals surface area contributed by atoms with Gasteiger partial charge < -0.3 is 0 Å². The third-order valence-electron chi connectivity index (χ3n) is 4.50. The number of benzene rings is 2. The summed E-state index contributed by atoms with van der Waals surface area (Å²) in [6.45, 7) is 2.28. The van der Waals surface area contributed by atoms with Crippen molar-refractivity contribution in [3.05, 3.63) is 83.7 Å². The molecule has 1 N–H and O–H groups in total. The molecule has 4 aromatic rings. The number of hydrogen-bond acceptors (Lipinski definition) is 6. The molecule has 0 saturated carbocycles. The minimum absolute atomic E-state index is 0.209. The summed E-state index contributed by atoms with van der Waals surface area (Å²) >= 11 is 1.63. The summed E-state index contributed by atoms with van der Waals surface area (Å²) in [5, 5.41) is 13.8. The zero-order valence-corrected chi connectivity index (χ0v) is 18.0. The zero-order chi connectivity index (χ0) is 21.0. The molecule has 30 heavy (non-hydrogen) atoms. The first-order valence-corrected chi connectivity index (χ1v) is 11.9. The molecule has 7 nitrogen and oxygen atoms in total. The Hall–Kier alpha value is -2.75. The maximum Gasteiger partial charge on any atom is 0.240 e. The minimum Gasteiger partial charge on any atom is -0.211 e. The molecular formula is C21H21N5O2S2. The van der Waals surface area contributed by atoms with Gasteiger partial charge in [0.25, 0.3) is 0 Å². The molecule has 9 heteroatoms. The maximum absolute atomic E-state index is 12.3. The van der Waals surface area contributed by atoms with E-state index in [0.29, 0.717) is 17.9 Å². The predicted octanol–water partition coefficient (Wildman–Crippen LogP) is 3.25. The third-order valence-corrected chi connectivity index (χ3v) is 6.97. The molecule has 0 spiro atoms. The molecule has 0 amide bonds. The largest absolute Gasteiger partial charge is 0.240 e. The van der Waals surface area contributed by atoms with Gasteiger partial charge >= 0.3 is 0 Å². The van der Waals surface area contributed by atoms with Crippen LogP contribution in [-0.2, 0) is 22.2 Å². The van der Waals surface area contributed by atoms with E-state index in [-0.39, 0.29) is 11.4 Å².